The average molecular weight is 167 g/mol. The SMILES string of the molecule is CC.CCc1cccc(NC)c1.[HH]. The number of nitrogens with one attached hydrogen (secondary N) is 1. The van der Waals surface area contributed by atoms with E-state index in [1.807, 2.05) is 20.9 Å². The molecule has 0 fully saturated rings. The first-order chi connectivity index (χ1) is 5.86. The molecule has 1 heteroatoms. The lowest BCUT2D eigenvalue weighted by Gasteiger charge is -2.00. The molecule has 0 spiro atoms. The van der Waals surface area contributed by atoms with Crippen molar-refractivity contribution in [2.75, 3.05) is 12.4 Å². The standard InChI is InChI=1S/C9H13N.C2H6.H2/c1-3-8-5-4-6-9(7-8)10-2;1-2;/h4-7,10H,3H2,1-2H3;1-2H3;1H. The van der Waals surface area contributed by atoms with Crippen molar-refractivity contribution in [1.29, 1.82) is 0 Å². The largest absolute Gasteiger partial charge is 0.388 e. The minimum absolute atomic E-state index is 0. The van der Waals surface area contributed by atoms with Crippen LogP contribution in [-0.4, -0.2) is 7.05 Å². The van der Waals surface area contributed by atoms with Crippen LogP contribution in [0.1, 0.15) is 27.8 Å². The second kappa shape index (κ2) is 6.71. The Kier molecular flexibility index (Phi) is 6.16. The molecular formula is C11H21N. The summed E-state index contributed by atoms with van der Waals surface area (Å²) < 4.78 is 0. The molecule has 0 aromatic heterocycles. The van der Waals surface area contributed by atoms with Crippen LogP contribution in [0.25, 0.3) is 0 Å². The van der Waals surface area contributed by atoms with Crippen molar-refractivity contribution in [1.82, 2.24) is 0 Å². The van der Waals surface area contributed by atoms with Crippen LogP contribution in [0.5, 0.6) is 0 Å². The lowest BCUT2D eigenvalue weighted by molar-refractivity contribution is 1.14. The molecule has 0 aliphatic rings. The van der Waals surface area contributed by atoms with Gasteiger partial charge in [-0.05, 0) is 24.1 Å². The fraction of sp³-hybridized carbons (Fsp3) is 0.455. The molecule has 0 atom stereocenters. The highest BCUT2D eigenvalue weighted by Gasteiger charge is 1.88. The molecule has 0 bridgehead atoms. The second-order valence-electron chi connectivity index (χ2n) is 2.30. The Bertz CT molecular complexity index is 192. The van der Waals surface area contributed by atoms with E-state index in [1.54, 1.807) is 0 Å². The first kappa shape index (κ1) is 11.0. The lowest BCUT2D eigenvalue weighted by Crippen LogP contribution is -1.88. The van der Waals surface area contributed by atoms with Crippen LogP contribution in [0.3, 0.4) is 0 Å². The van der Waals surface area contributed by atoms with Crippen molar-refractivity contribution in [3.8, 4) is 0 Å². The van der Waals surface area contributed by atoms with Crippen molar-refractivity contribution in [2.45, 2.75) is 27.2 Å². The van der Waals surface area contributed by atoms with Crippen LogP contribution in [0.4, 0.5) is 5.69 Å². The molecule has 1 rings (SSSR count). The van der Waals surface area contributed by atoms with Gasteiger partial charge in [-0.2, -0.15) is 0 Å². The van der Waals surface area contributed by atoms with E-state index < -0.39 is 0 Å². The van der Waals surface area contributed by atoms with Gasteiger partial charge in [-0.3, -0.25) is 0 Å². The Hall–Kier alpha value is -0.980. The molecule has 0 saturated heterocycles. The van der Waals surface area contributed by atoms with Crippen molar-refractivity contribution >= 4 is 5.69 Å². The van der Waals surface area contributed by atoms with Gasteiger partial charge in [-0.15, -0.1) is 0 Å². The highest BCUT2D eigenvalue weighted by Crippen LogP contribution is 2.09. The van der Waals surface area contributed by atoms with Gasteiger partial charge in [0.15, 0.2) is 0 Å². The third-order valence-electron chi connectivity index (χ3n) is 1.62. The van der Waals surface area contributed by atoms with Crippen LogP contribution >= 0.6 is 0 Å². The van der Waals surface area contributed by atoms with Crippen molar-refractivity contribution in [2.24, 2.45) is 0 Å². The smallest absolute Gasteiger partial charge is 0.0340 e. The first-order valence-corrected chi connectivity index (χ1v) is 4.63. The zero-order valence-corrected chi connectivity index (χ0v) is 8.52. The predicted molar refractivity (Wildman–Crippen MR) is 58.8 cm³/mol. The normalized spacial score (nSPS) is 8.33. The molecule has 0 aliphatic heterocycles. The molecule has 0 saturated carbocycles. The second-order valence-corrected chi connectivity index (χ2v) is 2.30. The van der Waals surface area contributed by atoms with Crippen LogP contribution in [0.15, 0.2) is 24.3 Å². The number of anilines is 1. The molecule has 70 valence electrons. The predicted octanol–water partition coefficient (Wildman–Crippen LogP) is 3.56. The highest BCUT2D eigenvalue weighted by atomic mass is 14.8. The van der Waals surface area contributed by atoms with E-state index >= 15 is 0 Å². The topological polar surface area (TPSA) is 12.0 Å². The Morgan fingerprint density at radius 2 is 2.00 bits per heavy atom. The van der Waals surface area contributed by atoms with Gasteiger partial charge in [-0.1, -0.05) is 32.9 Å². The number of aryl methyl sites for hydroxylation is 1. The summed E-state index contributed by atoms with van der Waals surface area (Å²) in [6, 6.07) is 8.45. The maximum atomic E-state index is 3.10. The van der Waals surface area contributed by atoms with Crippen molar-refractivity contribution in [3.05, 3.63) is 29.8 Å². The fourth-order valence-electron chi connectivity index (χ4n) is 0.947. The third kappa shape index (κ3) is 3.42. The zero-order valence-electron chi connectivity index (χ0n) is 8.52. The summed E-state index contributed by atoms with van der Waals surface area (Å²) in [4.78, 5) is 0. The van der Waals surface area contributed by atoms with Crippen LogP contribution < -0.4 is 5.32 Å². The summed E-state index contributed by atoms with van der Waals surface area (Å²) in [7, 11) is 1.94. The van der Waals surface area contributed by atoms with Crippen LogP contribution in [0.2, 0.25) is 0 Å². The number of benzene rings is 1. The minimum atomic E-state index is 0. The maximum Gasteiger partial charge on any atom is 0.0340 e. The molecule has 0 heterocycles. The van der Waals surface area contributed by atoms with Crippen LogP contribution in [-0.2, 0) is 6.42 Å². The van der Waals surface area contributed by atoms with Gasteiger partial charge in [0.05, 0.1) is 0 Å². The average Bonchev–Trinajstić information content (AvgIpc) is 2.21. The summed E-state index contributed by atoms with van der Waals surface area (Å²) in [6.07, 6.45) is 1.11. The van der Waals surface area contributed by atoms with E-state index in [1.165, 1.54) is 11.3 Å². The number of rotatable bonds is 2. The molecular weight excluding hydrogens is 146 g/mol. The molecule has 1 aromatic carbocycles. The summed E-state index contributed by atoms with van der Waals surface area (Å²) in [5.74, 6) is 0. The number of hydrogen-bond donors (Lipinski definition) is 1. The van der Waals surface area contributed by atoms with E-state index in [2.05, 4.69) is 36.5 Å². The molecule has 0 aliphatic carbocycles. The molecule has 1 N–H and O–H groups in total. The number of hydrogen-bond acceptors (Lipinski definition) is 1. The summed E-state index contributed by atoms with van der Waals surface area (Å²) in [5.41, 5.74) is 2.58. The Morgan fingerprint density at radius 3 is 2.50 bits per heavy atom. The monoisotopic (exact) mass is 167 g/mol. The van der Waals surface area contributed by atoms with Gasteiger partial charge < -0.3 is 5.32 Å². The Morgan fingerprint density at radius 1 is 1.33 bits per heavy atom. The van der Waals surface area contributed by atoms with E-state index in [4.69, 9.17) is 0 Å². The van der Waals surface area contributed by atoms with E-state index in [0.29, 0.717) is 0 Å². The molecule has 0 amide bonds. The molecule has 1 aromatic rings. The molecule has 0 unspecified atom stereocenters. The maximum absolute atomic E-state index is 3.10. The van der Waals surface area contributed by atoms with Crippen LogP contribution in [0, 0.1) is 0 Å². The Balaban J connectivity index is 0. The molecule has 12 heavy (non-hydrogen) atoms. The van der Waals surface area contributed by atoms with E-state index in [-0.39, 0.29) is 1.43 Å². The fourth-order valence-corrected chi connectivity index (χ4v) is 0.947. The van der Waals surface area contributed by atoms with Gasteiger partial charge >= 0.3 is 0 Å². The van der Waals surface area contributed by atoms with E-state index in [9.17, 15) is 0 Å². The van der Waals surface area contributed by atoms with Gasteiger partial charge in [0.2, 0.25) is 0 Å². The van der Waals surface area contributed by atoms with E-state index in [0.717, 1.165) is 6.42 Å². The first-order valence-electron chi connectivity index (χ1n) is 4.63. The third-order valence-corrected chi connectivity index (χ3v) is 1.62. The molecule has 1 nitrogen and oxygen atoms in total. The lowest BCUT2D eigenvalue weighted by atomic mass is 10.1. The summed E-state index contributed by atoms with van der Waals surface area (Å²) in [5, 5.41) is 3.10. The van der Waals surface area contributed by atoms with Gasteiger partial charge in [0.25, 0.3) is 0 Å². The highest BCUT2D eigenvalue weighted by molar-refractivity contribution is 5.44. The quantitative estimate of drug-likeness (QED) is 0.710. The summed E-state index contributed by atoms with van der Waals surface area (Å²) in [6.45, 7) is 6.16. The van der Waals surface area contributed by atoms with Gasteiger partial charge in [0, 0.05) is 14.2 Å². The van der Waals surface area contributed by atoms with Crippen molar-refractivity contribution in [3.63, 3.8) is 0 Å². The van der Waals surface area contributed by atoms with Gasteiger partial charge in [-0.25, -0.2) is 0 Å². The van der Waals surface area contributed by atoms with Crippen molar-refractivity contribution < 1.29 is 1.43 Å². The summed E-state index contributed by atoms with van der Waals surface area (Å²) >= 11 is 0. The minimum Gasteiger partial charge on any atom is -0.388 e. The zero-order chi connectivity index (χ0) is 9.40. The van der Waals surface area contributed by atoms with Gasteiger partial charge in [0.1, 0.15) is 0 Å². The Labute approximate surface area is 77.3 Å². The molecule has 0 radical (unpaired) electrons.